The predicted molar refractivity (Wildman–Crippen MR) is 84.7 cm³/mol. The maximum atomic E-state index is 10.7. The summed E-state index contributed by atoms with van der Waals surface area (Å²) in [6, 6.07) is 6.43. The summed E-state index contributed by atoms with van der Waals surface area (Å²) in [5.74, 6) is 1.58. The van der Waals surface area contributed by atoms with Gasteiger partial charge in [-0.15, -0.1) is 10.2 Å². The minimum absolute atomic E-state index is 0.261. The second-order valence-electron chi connectivity index (χ2n) is 4.65. The Morgan fingerprint density at radius 2 is 2.05 bits per heavy atom. The lowest BCUT2D eigenvalue weighted by Gasteiger charge is -2.07. The van der Waals surface area contributed by atoms with Crippen LogP contribution in [-0.2, 0) is 6.54 Å². The number of thioether (sulfide) groups is 1. The molecule has 0 radical (unpaired) electrons. The Morgan fingerprint density at radius 3 is 2.68 bits per heavy atom. The largest absolute Gasteiger partial charge is 0.494 e. The van der Waals surface area contributed by atoms with Crippen LogP contribution >= 0.6 is 11.8 Å². The van der Waals surface area contributed by atoms with E-state index in [0.29, 0.717) is 12.4 Å². The Balaban J connectivity index is 1.72. The molecular formula is C15H19N3O3S. The second-order valence-corrected chi connectivity index (χ2v) is 5.72. The number of aryl methyl sites for hydroxylation is 1. The number of aromatic carboxylic acids is 1. The summed E-state index contributed by atoms with van der Waals surface area (Å²) >= 11 is 1.67. The summed E-state index contributed by atoms with van der Waals surface area (Å²) in [6.07, 6.45) is 0.876. The van der Waals surface area contributed by atoms with Gasteiger partial charge < -0.3 is 14.4 Å². The second kappa shape index (κ2) is 7.84. The number of ether oxygens (including phenoxy) is 1. The van der Waals surface area contributed by atoms with Crippen LogP contribution in [0, 0.1) is 6.92 Å². The molecule has 2 aromatic rings. The van der Waals surface area contributed by atoms with Crippen molar-refractivity contribution in [2.24, 2.45) is 0 Å². The first kappa shape index (κ1) is 16.4. The fraction of sp³-hybridized carbons (Fsp3) is 0.400. The summed E-state index contributed by atoms with van der Waals surface area (Å²) in [5.41, 5.74) is 0.261. The third-order valence-electron chi connectivity index (χ3n) is 3.11. The van der Waals surface area contributed by atoms with E-state index in [1.807, 2.05) is 6.92 Å². The molecule has 6 nitrogen and oxygen atoms in total. The number of carboxylic acid groups (broad SMARTS) is 1. The topological polar surface area (TPSA) is 77.2 Å². The van der Waals surface area contributed by atoms with E-state index in [-0.39, 0.29) is 5.56 Å². The zero-order chi connectivity index (χ0) is 15.9. The van der Waals surface area contributed by atoms with Crippen molar-refractivity contribution < 1.29 is 14.6 Å². The van der Waals surface area contributed by atoms with Gasteiger partial charge in [-0.1, -0.05) is 11.8 Å². The standard InChI is InChI=1S/C15H19N3O3S/c1-3-18-11(2)16-17-15(18)22-10-4-9-21-13-7-5-12(6-8-13)14(19)20/h5-8H,3-4,9-10H2,1-2H3,(H,19,20). The Morgan fingerprint density at radius 1 is 1.32 bits per heavy atom. The minimum Gasteiger partial charge on any atom is -0.494 e. The zero-order valence-electron chi connectivity index (χ0n) is 12.7. The molecule has 0 bridgehead atoms. The summed E-state index contributed by atoms with van der Waals surface area (Å²) in [4.78, 5) is 10.7. The van der Waals surface area contributed by atoms with E-state index in [9.17, 15) is 4.79 Å². The van der Waals surface area contributed by atoms with Gasteiger partial charge in [0.05, 0.1) is 12.2 Å². The van der Waals surface area contributed by atoms with Gasteiger partial charge in [0.2, 0.25) is 0 Å². The molecule has 7 heteroatoms. The predicted octanol–water partition coefficient (Wildman–Crippen LogP) is 2.87. The molecule has 0 unspecified atom stereocenters. The molecule has 22 heavy (non-hydrogen) atoms. The van der Waals surface area contributed by atoms with E-state index in [1.54, 1.807) is 36.0 Å². The summed E-state index contributed by atoms with van der Waals surface area (Å²) in [7, 11) is 0. The quantitative estimate of drug-likeness (QED) is 0.595. The van der Waals surface area contributed by atoms with Crippen LogP contribution in [0.3, 0.4) is 0 Å². The van der Waals surface area contributed by atoms with Crippen LogP contribution in [0.25, 0.3) is 0 Å². The van der Waals surface area contributed by atoms with Gasteiger partial charge in [-0.3, -0.25) is 0 Å². The molecule has 1 N–H and O–H groups in total. The van der Waals surface area contributed by atoms with Gasteiger partial charge in [0, 0.05) is 12.3 Å². The van der Waals surface area contributed by atoms with Crippen LogP contribution in [-0.4, -0.2) is 38.2 Å². The Kier molecular flexibility index (Phi) is 5.83. The summed E-state index contributed by atoms with van der Waals surface area (Å²) in [5, 5.41) is 18.0. The highest BCUT2D eigenvalue weighted by molar-refractivity contribution is 7.99. The van der Waals surface area contributed by atoms with E-state index in [4.69, 9.17) is 9.84 Å². The van der Waals surface area contributed by atoms with Crippen molar-refractivity contribution in [3.8, 4) is 5.75 Å². The molecule has 0 spiro atoms. The van der Waals surface area contributed by atoms with Gasteiger partial charge in [0.15, 0.2) is 5.16 Å². The molecule has 118 valence electrons. The highest BCUT2D eigenvalue weighted by atomic mass is 32.2. The first-order chi connectivity index (χ1) is 10.6. The fourth-order valence-corrected chi connectivity index (χ4v) is 2.90. The summed E-state index contributed by atoms with van der Waals surface area (Å²) < 4.78 is 7.67. The number of carboxylic acids is 1. The number of rotatable bonds is 8. The Bertz CT molecular complexity index is 625. The number of aromatic nitrogens is 3. The monoisotopic (exact) mass is 321 g/mol. The van der Waals surface area contributed by atoms with Gasteiger partial charge >= 0.3 is 5.97 Å². The SMILES string of the molecule is CCn1c(C)nnc1SCCCOc1ccc(C(=O)O)cc1. The van der Waals surface area contributed by atoms with Crippen molar-refractivity contribution in [1.29, 1.82) is 0 Å². The molecule has 0 aliphatic heterocycles. The lowest BCUT2D eigenvalue weighted by Crippen LogP contribution is -2.02. The van der Waals surface area contributed by atoms with E-state index in [2.05, 4.69) is 21.7 Å². The third-order valence-corrected chi connectivity index (χ3v) is 4.16. The molecule has 1 heterocycles. The van der Waals surface area contributed by atoms with Crippen molar-refractivity contribution in [3.63, 3.8) is 0 Å². The number of nitrogens with zero attached hydrogens (tertiary/aromatic N) is 3. The molecule has 1 aromatic carbocycles. The van der Waals surface area contributed by atoms with Crippen molar-refractivity contribution in [3.05, 3.63) is 35.7 Å². The average molecular weight is 321 g/mol. The van der Waals surface area contributed by atoms with Gasteiger partial charge in [-0.2, -0.15) is 0 Å². The Labute approximate surface area is 133 Å². The lowest BCUT2D eigenvalue weighted by atomic mass is 10.2. The van der Waals surface area contributed by atoms with Crippen LogP contribution in [0.15, 0.2) is 29.4 Å². The van der Waals surface area contributed by atoms with Gasteiger partial charge in [-0.25, -0.2) is 4.79 Å². The van der Waals surface area contributed by atoms with Gasteiger partial charge in [0.25, 0.3) is 0 Å². The lowest BCUT2D eigenvalue weighted by molar-refractivity contribution is 0.0697. The van der Waals surface area contributed by atoms with E-state index >= 15 is 0 Å². The number of hydrogen-bond donors (Lipinski definition) is 1. The van der Waals surface area contributed by atoms with Crippen molar-refractivity contribution in [1.82, 2.24) is 14.8 Å². The Hall–Kier alpha value is -2.02. The van der Waals surface area contributed by atoms with Gasteiger partial charge in [0.1, 0.15) is 11.6 Å². The van der Waals surface area contributed by atoms with Crippen molar-refractivity contribution >= 4 is 17.7 Å². The van der Waals surface area contributed by atoms with Crippen LogP contribution in [0.1, 0.15) is 29.5 Å². The fourth-order valence-electron chi connectivity index (χ4n) is 1.94. The molecule has 0 atom stereocenters. The molecule has 1 aromatic heterocycles. The average Bonchev–Trinajstić information content (AvgIpc) is 2.87. The third kappa shape index (κ3) is 4.24. The van der Waals surface area contributed by atoms with Crippen LogP contribution in [0.5, 0.6) is 5.75 Å². The van der Waals surface area contributed by atoms with Crippen molar-refractivity contribution in [2.45, 2.75) is 32.0 Å². The maximum absolute atomic E-state index is 10.7. The molecule has 0 amide bonds. The molecule has 0 aliphatic carbocycles. The molecular weight excluding hydrogens is 302 g/mol. The normalized spacial score (nSPS) is 10.6. The maximum Gasteiger partial charge on any atom is 0.335 e. The highest BCUT2D eigenvalue weighted by Crippen LogP contribution is 2.18. The minimum atomic E-state index is -0.932. The molecule has 0 fully saturated rings. The summed E-state index contributed by atoms with van der Waals surface area (Å²) in [6.45, 7) is 5.47. The number of benzene rings is 1. The molecule has 0 saturated heterocycles. The van der Waals surface area contributed by atoms with Crippen LogP contribution in [0.2, 0.25) is 0 Å². The molecule has 0 aliphatic rings. The molecule has 2 rings (SSSR count). The zero-order valence-corrected chi connectivity index (χ0v) is 13.5. The van der Waals surface area contributed by atoms with Gasteiger partial charge in [-0.05, 0) is 44.5 Å². The highest BCUT2D eigenvalue weighted by Gasteiger charge is 2.07. The molecule has 0 saturated carbocycles. The van der Waals surface area contributed by atoms with Crippen LogP contribution in [0.4, 0.5) is 0 Å². The number of carbonyl (C=O) groups is 1. The van der Waals surface area contributed by atoms with E-state index in [1.165, 1.54) is 0 Å². The smallest absolute Gasteiger partial charge is 0.335 e. The first-order valence-electron chi connectivity index (χ1n) is 7.10. The first-order valence-corrected chi connectivity index (χ1v) is 8.09. The van der Waals surface area contributed by atoms with E-state index in [0.717, 1.165) is 29.7 Å². The van der Waals surface area contributed by atoms with Crippen molar-refractivity contribution in [2.75, 3.05) is 12.4 Å². The van der Waals surface area contributed by atoms with E-state index < -0.39 is 5.97 Å². The van der Waals surface area contributed by atoms with Crippen LogP contribution < -0.4 is 4.74 Å². The number of hydrogen-bond acceptors (Lipinski definition) is 5.